The number of hydrogen-bond acceptors (Lipinski definition) is 4. The number of aromatic carboxylic acids is 1. The number of fused-ring (bicyclic) bond motifs is 2. The molecule has 0 atom stereocenters. The highest BCUT2D eigenvalue weighted by atomic mass is 16.4. The van der Waals surface area contributed by atoms with Gasteiger partial charge in [0.05, 0.1) is 23.3 Å². The second-order valence-corrected chi connectivity index (χ2v) is 9.21. The number of para-hydroxylation sites is 1. The van der Waals surface area contributed by atoms with Crippen LogP contribution in [0.2, 0.25) is 0 Å². The van der Waals surface area contributed by atoms with E-state index < -0.39 is 5.97 Å². The number of hydrogen-bond donors (Lipinski definition) is 1. The third-order valence-corrected chi connectivity index (χ3v) is 6.44. The molecule has 7 heteroatoms. The van der Waals surface area contributed by atoms with Gasteiger partial charge in [-0.15, -0.1) is 0 Å². The number of carboxylic acids is 1. The molecule has 0 radical (unpaired) electrons. The minimum absolute atomic E-state index is 0.184. The molecule has 0 bridgehead atoms. The molecule has 37 heavy (non-hydrogen) atoms. The number of carboxylic acid groups (broad SMARTS) is 1. The van der Waals surface area contributed by atoms with Crippen LogP contribution in [0.3, 0.4) is 0 Å². The van der Waals surface area contributed by atoms with Crippen LogP contribution >= 0.6 is 0 Å². The Morgan fingerprint density at radius 3 is 2.62 bits per heavy atom. The first kappa shape index (κ1) is 24.3. The number of carbonyl (C=O) groups is 1. The summed E-state index contributed by atoms with van der Waals surface area (Å²) in [6.45, 7) is 8.88. The van der Waals surface area contributed by atoms with Crippen LogP contribution in [0.5, 0.6) is 0 Å². The first-order valence-corrected chi connectivity index (χ1v) is 12.6. The van der Waals surface area contributed by atoms with Gasteiger partial charge in [-0.2, -0.15) is 5.10 Å². The van der Waals surface area contributed by atoms with Crippen molar-refractivity contribution in [2.45, 2.75) is 53.5 Å². The molecule has 5 aromatic rings. The molecular formula is C30H29N5O2. The van der Waals surface area contributed by atoms with Gasteiger partial charge in [-0.05, 0) is 67.6 Å². The average molecular weight is 492 g/mol. The molecule has 3 heterocycles. The van der Waals surface area contributed by atoms with E-state index in [0.29, 0.717) is 17.9 Å². The molecular weight excluding hydrogens is 462 g/mol. The van der Waals surface area contributed by atoms with Crippen LogP contribution < -0.4 is 0 Å². The highest BCUT2D eigenvalue weighted by Crippen LogP contribution is 2.26. The molecule has 3 aromatic heterocycles. The number of aromatic nitrogens is 5. The molecule has 0 aliphatic rings. The Balaban J connectivity index is 1.67. The highest BCUT2D eigenvalue weighted by Gasteiger charge is 2.19. The van der Waals surface area contributed by atoms with Crippen molar-refractivity contribution in [2.24, 2.45) is 0 Å². The molecule has 0 unspecified atom stereocenters. The van der Waals surface area contributed by atoms with Gasteiger partial charge in [0, 0.05) is 23.9 Å². The Kier molecular flexibility index (Phi) is 6.49. The van der Waals surface area contributed by atoms with Crippen molar-refractivity contribution in [2.75, 3.05) is 0 Å². The Morgan fingerprint density at radius 1 is 1.05 bits per heavy atom. The first-order valence-electron chi connectivity index (χ1n) is 12.6. The highest BCUT2D eigenvalue weighted by molar-refractivity contribution is 5.93. The fraction of sp³-hybridized carbons (Fsp3) is 0.267. The van der Waals surface area contributed by atoms with E-state index in [1.165, 1.54) is 0 Å². The maximum Gasteiger partial charge on any atom is 0.337 e. The van der Waals surface area contributed by atoms with Crippen molar-refractivity contribution in [3.63, 3.8) is 0 Å². The zero-order valence-corrected chi connectivity index (χ0v) is 21.5. The summed E-state index contributed by atoms with van der Waals surface area (Å²) in [4.78, 5) is 21.6. The molecule has 2 aromatic carbocycles. The van der Waals surface area contributed by atoms with Crippen LogP contribution in [0.1, 0.15) is 65.4 Å². The van der Waals surface area contributed by atoms with Gasteiger partial charge in [0.15, 0.2) is 5.65 Å². The Labute approximate surface area is 215 Å². The number of unbranched alkanes of at least 4 members (excludes halogenated alkanes) is 1. The Bertz CT molecular complexity index is 1720. The summed E-state index contributed by atoms with van der Waals surface area (Å²) >= 11 is 0. The maximum absolute atomic E-state index is 11.9. The smallest absolute Gasteiger partial charge is 0.337 e. The number of imidazole rings is 1. The average Bonchev–Trinajstić information content (AvgIpc) is 3.42. The lowest BCUT2D eigenvalue weighted by Crippen LogP contribution is -2.08. The van der Waals surface area contributed by atoms with Crippen LogP contribution in [-0.2, 0) is 13.0 Å². The monoisotopic (exact) mass is 491 g/mol. The minimum Gasteiger partial charge on any atom is -0.478 e. The van der Waals surface area contributed by atoms with Gasteiger partial charge in [-0.25, -0.2) is 19.4 Å². The van der Waals surface area contributed by atoms with Crippen LogP contribution in [0.4, 0.5) is 0 Å². The lowest BCUT2D eigenvalue weighted by atomic mass is 10.1. The summed E-state index contributed by atoms with van der Waals surface area (Å²) in [5.41, 5.74) is 7.13. The fourth-order valence-corrected chi connectivity index (χ4v) is 4.70. The molecule has 5 rings (SSSR count). The first-order chi connectivity index (χ1) is 17.9. The lowest BCUT2D eigenvalue weighted by Gasteiger charge is -2.09. The van der Waals surface area contributed by atoms with Crippen LogP contribution in [0.15, 0.2) is 48.5 Å². The Hall–Kier alpha value is -4.44. The fourth-order valence-electron chi connectivity index (χ4n) is 4.70. The van der Waals surface area contributed by atoms with E-state index in [1.54, 1.807) is 22.9 Å². The van der Waals surface area contributed by atoms with Crippen molar-refractivity contribution in [3.8, 4) is 17.5 Å². The number of rotatable bonds is 6. The predicted octanol–water partition coefficient (Wildman–Crippen LogP) is 5.85. The van der Waals surface area contributed by atoms with Gasteiger partial charge in [-0.1, -0.05) is 38.0 Å². The van der Waals surface area contributed by atoms with E-state index in [-0.39, 0.29) is 5.56 Å². The van der Waals surface area contributed by atoms with Crippen molar-refractivity contribution in [1.82, 2.24) is 24.3 Å². The van der Waals surface area contributed by atoms with E-state index >= 15 is 0 Å². The van der Waals surface area contributed by atoms with Crippen molar-refractivity contribution >= 4 is 28.0 Å². The lowest BCUT2D eigenvalue weighted by molar-refractivity contribution is 0.0696. The summed E-state index contributed by atoms with van der Waals surface area (Å²) in [7, 11) is 0. The molecule has 0 saturated heterocycles. The van der Waals surface area contributed by atoms with Gasteiger partial charge in [-0.3, -0.25) is 0 Å². The molecule has 0 fully saturated rings. The molecule has 186 valence electrons. The number of benzene rings is 2. The molecule has 0 aliphatic heterocycles. The van der Waals surface area contributed by atoms with Crippen molar-refractivity contribution < 1.29 is 9.90 Å². The van der Waals surface area contributed by atoms with E-state index in [2.05, 4.69) is 55.4 Å². The zero-order chi connectivity index (χ0) is 26.1. The van der Waals surface area contributed by atoms with Crippen LogP contribution in [0.25, 0.3) is 27.8 Å². The van der Waals surface area contributed by atoms with E-state index in [0.717, 1.165) is 64.0 Å². The van der Waals surface area contributed by atoms with Gasteiger partial charge in [0.1, 0.15) is 17.0 Å². The zero-order valence-electron chi connectivity index (χ0n) is 21.5. The normalized spacial score (nSPS) is 11.1. The summed E-state index contributed by atoms with van der Waals surface area (Å²) in [5.74, 6) is 6.50. The second-order valence-electron chi connectivity index (χ2n) is 9.21. The van der Waals surface area contributed by atoms with E-state index in [1.807, 2.05) is 19.1 Å². The summed E-state index contributed by atoms with van der Waals surface area (Å²) in [6.07, 6.45) is 2.49. The largest absolute Gasteiger partial charge is 0.478 e. The summed E-state index contributed by atoms with van der Waals surface area (Å²) in [5, 5.41) is 15.4. The van der Waals surface area contributed by atoms with Gasteiger partial charge in [0.25, 0.3) is 0 Å². The van der Waals surface area contributed by atoms with Gasteiger partial charge < -0.3 is 9.67 Å². The molecule has 0 aliphatic carbocycles. The van der Waals surface area contributed by atoms with E-state index in [4.69, 9.17) is 15.1 Å². The van der Waals surface area contributed by atoms with Gasteiger partial charge >= 0.3 is 5.97 Å². The molecule has 0 spiro atoms. The molecule has 1 N–H and O–H groups in total. The third kappa shape index (κ3) is 4.47. The topological polar surface area (TPSA) is 85.8 Å². The molecule has 0 amide bonds. The second kappa shape index (κ2) is 9.90. The van der Waals surface area contributed by atoms with Crippen molar-refractivity contribution in [1.29, 1.82) is 0 Å². The van der Waals surface area contributed by atoms with Crippen LogP contribution in [-0.4, -0.2) is 35.4 Å². The number of aryl methyl sites for hydroxylation is 3. The van der Waals surface area contributed by atoms with Gasteiger partial charge in [0.2, 0.25) is 0 Å². The predicted molar refractivity (Wildman–Crippen MR) is 145 cm³/mol. The maximum atomic E-state index is 11.9. The van der Waals surface area contributed by atoms with Crippen LogP contribution in [0, 0.1) is 25.7 Å². The SMILES string of the molecule is CCCC#Cc1c2cc(Cn3c(CC)nc4c(C)cc(C)nc43)ccc2nn1-c1ccccc1C(=O)O. The third-order valence-electron chi connectivity index (χ3n) is 6.44. The van der Waals surface area contributed by atoms with Crippen molar-refractivity contribution in [3.05, 3.63) is 82.4 Å². The molecule has 7 nitrogen and oxygen atoms in total. The quantitative estimate of drug-likeness (QED) is 0.301. The summed E-state index contributed by atoms with van der Waals surface area (Å²) < 4.78 is 3.85. The number of nitrogens with zero attached hydrogens (tertiary/aromatic N) is 5. The minimum atomic E-state index is -1.000. The number of pyridine rings is 1. The summed E-state index contributed by atoms with van der Waals surface area (Å²) in [6, 6.07) is 15.1. The van der Waals surface area contributed by atoms with E-state index in [9.17, 15) is 9.90 Å². The Morgan fingerprint density at radius 2 is 1.86 bits per heavy atom. The molecule has 0 saturated carbocycles. The standard InChI is InChI=1S/C30H29N5O2/c1-5-7-8-12-26-23-17-21(18-34-27(6-2)32-28-19(3)16-20(4)31-29(28)34)14-15-24(23)33-35(26)25-13-10-9-11-22(25)30(36)37/h9-11,13-17H,5-7,18H2,1-4H3,(H,36,37).